The van der Waals surface area contributed by atoms with Crippen molar-refractivity contribution in [3.63, 3.8) is 0 Å². The molecule has 0 saturated heterocycles. The fourth-order valence-corrected chi connectivity index (χ4v) is 4.80. The van der Waals surface area contributed by atoms with Crippen molar-refractivity contribution in [2.75, 3.05) is 12.3 Å². The molecule has 0 radical (unpaired) electrons. The maximum Gasteiger partial charge on any atom is 0.221 e. The number of ether oxygens (including phenoxy) is 1. The van der Waals surface area contributed by atoms with E-state index in [1.807, 2.05) is 0 Å². The summed E-state index contributed by atoms with van der Waals surface area (Å²) in [4.78, 5) is 11.0. The van der Waals surface area contributed by atoms with Crippen molar-refractivity contribution in [1.29, 1.82) is 0 Å². The minimum atomic E-state index is 0.0201. The zero-order chi connectivity index (χ0) is 17.9. The highest BCUT2D eigenvalue weighted by Crippen LogP contribution is 2.46. The normalized spacial score (nSPS) is 14.0. The van der Waals surface area contributed by atoms with Gasteiger partial charge in [-0.2, -0.15) is 0 Å². The molecular weight excluding hydrogens is 377 g/mol. The first kappa shape index (κ1) is 16.9. The molecule has 3 aromatic rings. The summed E-state index contributed by atoms with van der Waals surface area (Å²) in [5.41, 5.74) is 8.59. The lowest BCUT2D eigenvalue weighted by Gasteiger charge is -2.15. The summed E-state index contributed by atoms with van der Waals surface area (Å²) in [6.45, 7) is 7.11. The van der Waals surface area contributed by atoms with Crippen LogP contribution in [0.5, 0.6) is 5.75 Å². The van der Waals surface area contributed by atoms with Crippen molar-refractivity contribution < 1.29 is 4.74 Å². The second-order valence-corrected chi connectivity index (χ2v) is 8.98. The van der Waals surface area contributed by atoms with E-state index < -0.39 is 0 Å². The summed E-state index contributed by atoms with van der Waals surface area (Å²) >= 11 is 14.5. The lowest BCUT2D eigenvalue weighted by Crippen LogP contribution is -2.07. The fourth-order valence-electron chi connectivity index (χ4n) is 3.05. The van der Waals surface area contributed by atoms with Gasteiger partial charge in [0, 0.05) is 27.8 Å². The number of hydrogen-bond donors (Lipinski definition) is 1. The van der Waals surface area contributed by atoms with Crippen molar-refractivity contribution in [3.05, 3.63) is 32.6 Å². The summed E-state index contributed by atoms with van der Waals surface area (Å²) in [5, 5.41) is 2.04. The first-order chi connectivity index (χ1) is 11.8. The van der Waals surface area contributed by atoms with Crippen LogP contribution >= 0.6 is 34.5 Å². The second kappa shape index (κ2) is 5.73. The molecule has 4 rings (SSSR count). The van der Waals surface area contributed by atoms with E-state index in [1.54, 1.807) is 17.4 Å². The van der Waals surface area contributed by atoms with Gasteiger partial charge in [0.15, 0.2) is 0 Å². The van der Waals surface area contributed by atoms with Crippen LogP contribution in [0.3, 0.4) is 0 Å². The lowest BCUT2D eigenvalue weighted by atomic mass is 9.93. The largest absolute Gasteiger partial charge is 0.491 e. The minimum absolute atomic E-state index is 0.0201. The van der Waals surface area contributed by atoms with Gasteiger partial charge in [0.2, 0.25) is 5.95 Å². The van der Waals surface area contributed by atoms with Gasteiger partial charge in [0.05, 0.1) is 22.3 Å². The standard InChI is InChI=1S/C18H17Cl2N3OS/c1-18(2,3)12-6-9-14(22-17(21)23-16(9)25-12)13-8-4-5-24-15(8)11(20)7-10(13)19/h6-7H,4-5H2,1-3H3,(H2,21,22,23). The van der Waals surface area contributed by atoms with Crippen LogP contribution in [0.1, 0.15) is 31.2 Å². The lowest BCUT2D eigenvalue weighted by molar-refractivity contribution is 0.357. The van der Waals surface area contributed by atoms with Crippen LogP contribution < -0.4 is 10.5 Å². The third-order valence-corrected chi connectivity index (χ3v) is 6.30. The van der Waals surface area contributed by atoms with E-state index in [0.717, 1.165) is 33.5 Å². The van der Waals surface area contributed by atoms with Crippen molar-refractivity contribution in [2.24, 2.45) is 0 Å². The number of nitrogen functional groups attached to an aromatic ring is 1. The Morgan fingerprint density at radius 1 is 1.16 bits per heavy atom. The minimum Gasteiger partial charge on any atom is -0.491 e. The molecule has 1 aliphatic heterocycles. The van der Waals surface area contributed by atoms with Crippen molar-refractivity contribution >= 4 is 50.7 Å². The van der Waals surface area contributed by atoms with E-state index in [9.17, 15) is 0 Å². The zero-order valence-electron chi connectivity index (χ0n) is 14.1. The summed E-state index contributed by atoms with van der Waals surface area (Å²) in [6, 6.07) is 3.85. The van der Waals surface area contributed by atoms with Gasteiger partial charge in [-0.15, -0.1) is 11.3 Å². The molecule has 130 valence electrons. The van der Waals surface area contributed by atoms with Crippen LogP contribution in [-0.2, 0) is 11.8 Å². The highest BCUT2D eigenvalue weighted by Gasteiger charge is 2.27. The van der Waals surface area contributed by atoms with Crippen LogP contribution in [0.2, 0.25) is 10.0 Å². The number of aromatic nitrogens is 2. The molecule has 25 heavy (non-hydrogen) atoms. The monoisotopic (exact) mass is 393 g/mol. The van der Waals surface area contributed by atoms with Crippen LogP contribution in [0, 0.1) is 0 Å². The molecule has 1 aromatic carbocycles. The molecule has 7 heteroatoms. The third-order valence-electron chi connectivity index (χ3n) is 4.27. The van der Waals surface area contributed by atoms with E-state index in [1.165, 1.54) is 4.88 Å². The maximum atomic E-state index is 6.56. The Labute approximate surface area is 159 Å². The average Bonchev–Trinajstić information content (AvgIpc) is 3.12. The van der Waals surface area contributed by atoms with Gasteiger partial charge in [-0.05, 0) is 17.5 Å². The van der Waals surface area contributed by atoms with Gasteiger partial charge in [0.1, 0.15) is 10.6 Å². The molecule has 0 fully saturated rings. The zero-order valence-corrected chi connectivity index (χ0v) is 16.4. The van der Waals surface area contributed by atoms with E-state index in [-0.39, 0.29) is 11.4 Å². The molecule has 0 unspecified atom stereocenters. The number of nitrogens with two attached hydrogens (primary N) is 1. The van der Waals surface area contributed by atoms with Crippen LogP contribution in [-0.4, -0.2) is 16.6 Å². The van der Waals surface area contributed by atoms with Crippen LogP contribution in [0.15, 0.2) is 12.1 Å². The Morgan fingerprint density at radius 3 is 2.64 bits per heavy atom. The molecule has 3 heterocycles. The second-order valence-electron chi connectivity index (χ2n) is 7.13. The van der Waals surface area contributed by atoms with Gasteiger partial charge in [-0.3, -0.25) is 0 Å². The number of anilines is 1. The van der Waals surface area contributed by atoms with E-state index in [0.29, 0.717) is 22.4 Å². The summed E-state index contributed by atoms with van der Waals surface area (Å²) < 4.78 is 5.69. The van der Waals surface area contributed by atoms with Crippen molar-refractivity contribution in [1.82, 2.24) is 9.97 Å². The topological polar surface area (TPSA) is 61.0 Å². The summed E-state index contributed by atoms with van der Waals surface area (Å²) in [5.74, 6) is 0.932. The van der Waals surface area contributed by atoms with E-state index >= 15 is 0 Å². The molecular formula is C18H17Cl2N3OS. The number of halogens is 2. The first-order valence-corrected chi connectivity index (χ1v) is 9.54. The molecule has 0 amide bonds. The van der Waals surface area contributed by atoms with E-state index in [2.05, 4.69) is 36.8 Å². The number of benzene rings is 1. The molecule has 0 aliphatic carbocycles. The molecule has 0 atom stereocenters. The smallest absolute Gasteiger partial charge is 0.221 e. The number of fused-ring (bicyclic) bond motifs is 2. The third kappa shape index (κ3) is 2.75. The molecule has 2 aromatic heterocycles. The molecule has 0 bridgehead atoms. The molecule has 4 nitrogen and oxygen atoms in total. The number of thiophene rings is 1. The van der Waals surface area contributed by atoms with Gasteiger partial charge in [-0.1, -0.05) is 44.0 Å². The predicted octanol–water partition coefficient (Wildman–Crippen LogP) is 5.48. The number of hydrogen-bond acceptors (Lipinski definition) is 5. The van der Waals surface area contributed by atoms with Crippen molar-refractivity contribution in [2.45, 2.75) is 32.6 Å². The van der Waals surface area contributed by atoms with Crippen LogP contribution in [0.25, 0.3) is 21.5 Å². The average molecular weight is 394 g/mol. The Kier molecular flexibility index (Phi) is 3.87. The quantitative estimate of drug-likeness (QED) is 0.594. The van der Waals surface area contributed by atoms with Gasteiger partial charge >= 0.3 is 0 Å². The fraction of sp³-hybridized carbons (Fsp3) is 0.333. The summed E-state index contributed by atoms with van der Waals surface area (Å²) in [7, 11) is 0. The van der Waals surface area contributed by atoms with Crippen LogP contribution in [0.4, 0.5) is 5.95 Å². The van der Waals surface area contributed by atoms with E-state index in [4.69, 9.17) is 33.7 Å². The Balaban J connectivity index is 2.06. The Morgan fingerprint density at radius 2 is 1.92 bits per heavy atom. The SMILES string of the molecule is CC(C)(C)c1cc2c(-c3c(Cl)cc(Cl)c4c3CCO4)nc(N)nc2s1. The maximum absolute atomic E-state index is 6.56. The van der Waals surface area contributed by atoms with Gasteiger partial charge in [0.25, 0.3) is 0 Å². The predicted molar refractivity (Wildman–Crippen MR) is 105 cm³/mol. The Hall–Kier alpha value is -1.56. The highest BCUT2D eigenvalue weighted by atomic mass is 35.5. The summed E-state index contributed by atoms with van der Waals surface area (Å²) in [6.07, 6.45) is 0.743. The number of nitrogens with zero attached hydrogens (tertiary/aromatic N) is 2. The van der Waals surface area contributed by atoms with Crippen molar-refractivity contribution in [3.8, 4) is 17.0 Å². The molecule has 2 N–H and O–H groups in total. The number of rotatable bonds is 1. The first-order valence-electron chi connectivity index (χ1n) is 7.97. The highest BCUT2D eigenvalue weighted by molar-refractivity contribution is 7.18. The molecule has 0 spiro atoms. The molecule has 1 aliphatic rings. The van der Waals surface area contributed by atoms with Gasteiger partial charge in [-0.25, -0.2) is 9.97 Å². The van der Waals surface area contributed by atoms with Gasteiger partial charge < -0.3 is 10.5 Å². The Bertz CT molecular complexity index is 1010. The molecule has 0 saturated carbocycles.